The monoisotopic (exact) mass is 368 g/mol. The fourth-order valence-corrected chi connectivity index (χ4v) is 3.32. The maximum Gasteiger partial charge on any atom is 0.233 e. The minimum atomic E-state index is 0.000310. The Morgan fingerprint density at radius 2 is 2.21 bits per heavy atom. The Morgan fingerprint density at radius 3 is 2.88 bits per heavy atom. The molecule has 0 unspecified atom stereocenters. The summed E-state index contributed by atoms with van der Waals surface area (Å²) in [5, 5.41) is 9.32. The average Bonchev–Trinajstić information content (AvgIpc) is 3.01. The molecular formula is C16H21ClN4O2S. The third kappa shape index (κ3) is 4.64. The predicted molar refractivity (Wildman–Crippen MR) is 95.6 cm³/mol. The number of hydrogen-bond acceptors (Lipinski definition) is 5. The van der Waals surface area contributed by atoms with Crippen molar-refractivity contribution in [2.75, 3.05) is 19.9 Å². The average molecular weight is 369 g/mol. The molecule has 0 radical (unpaired) electrons. The maximum atomic E-state index is 12.4. The Morgan fingerprint density at radius 1 is 1.46 bits per heavy atom. The molecule has 1 aromatic carbocycles. The number of halogens is 1. The molecule has 0 saturated heterocycles. The number of rotatable bonds is 7. The summed E-state index contributed by atoms with van der Waals surface area (Å²) in [4.78, 5) is 14.0. The zero-order valence-corrected chi connectivity index (χ0v) is 15.8. The normalized spacial score (nSPS) is 10.9. The number of benzene rings is 1. The van der Waals surface area contributed by atoms with E-state index >= 15 is 0 Å². The molecule has 1 aromatic heterocycles. The van der Waals surface area contributed by atoms with Crippen LogP contribution in [-0.4, -0.2) is 45.5 Å². The van der Waals surface area contributed by atoms with Gasteiger partial charge in [0.2, 0.25) is 5.91 Å². The Hall–Kier alpha value is -1.73. The second-order valence-corrected chi connectivity index (χ2v) is 6.99. The predicted octanol–water partition coefficient (Wildman–Crippen LogP) is 3.27. The summed E-state index contributed by atoms with van der Waals surface area (Å²) in [5.41, 5.74) is 0.871. The third-order valence-corrected chi connectivity index (χ3v) is 4.67. The van der Waals surface area contributed by atoms with Crippen molar-refractivity contribution in [1.29, 1.82) is 0 Å². The highest BCUT2D eigenvalue weighted by Crippen LogP contribution is 2.24. The van der Waals surface area contributed by atoms with Gasteiger partial charge in [-0.25, -0.2) is 0 Å². The molecule has 0 aliphatic heterocycles. The topological polar surface area (TPSA) is 60.2 Å². The van der Waals surface area contributed by atoms with E-state index in [2.05, 4.69) is 10.2 Å². The summed E-state index contributed by atoms with van der Waals surface area (Å²) in [6.07, 6.45) is 1.68. The van der Waals surface area contributed by atoms with Gasteiger partial charge in [-0.15, -0.1) is 10.2 Å². The Kier molecular flexibility index (Phi) is 6.51. The molecule has 0 aliphatic rings. The number of hydrogen-bond donors (Lipinski definition) is 0. The summed E-state index contributed by atoms with van der Waals surface area (Å²) in [6, 6.07) is 5.63. The van der Waals surface area contributed by atoms with Crippen molar-refractivity contribution >= 4 is 29.3 Å². The summed E-state index contributed by atoms with van der Waals surface area (Å²) in [5.74, 6) is 1.01. The SMILES string of the molecule is COc1ccc(Cl)cc1CN(C)C(=O)CSc1nncn1C(C)C. The summed E-state index contributed by atoms with van der Waals surface area (Å²) in [7, 11) is 3.36. The van der Waals surface area contributed by atoms with Crippen molar-refractivity contribution in [3.8, 4) is 5.75 Å². The standard InChI is InChI=1S/C16H21ClN4O2S/c1-11(2)21-10-18-19-16(21)24-9-15(22)20(3)8-12-7-13(17)5-6-14(12)23-4/h5-7,10-11H,8-9H2,1-4H3. The van der Waals surface area contributed by atoms with Crippen molar-refractivity contribution < 1.29 is 9.53 Å². The van der Waals surface area contributed by atoms with E-state index < -0.39 is 0 Å². The zero-order valence-electron chi connectivity index (χ0n) is 14.2. The van der Waals surface area contributed by atoms with Gasteiger partial charge in [0.1, 0.15) is 12.1 Å². The first-order chi connectivity index (χ1) is 11.4. The highest BCUT2D eigenvalue weighted by molar-refractivity contribution is 7.99. The molecule has 0 N–H and O–H groups in total. The van der Waals surface area contributed by atoms with Gasteiger partial charge >= 0.3 is 0 Å². The Labute approximate surface area is 151 Å². The van der Waals surface area contributed by atoms with Crippen molar-refractivity contribution in [2.24, 2.45) is 0 Å². The van der Waals surface area contributed by atoms with Crippen molar-refractivity contribution in [1.82, 2.24) is 19.7 Å². The maximum absolute atomic E-state index is 12.4. The van der Waals surface area contributed by atoms with Gasteiger partial charge in [-0.05, 0) is 32.0 Å². The minimum Gasteiger partial charge on any atom is -0.496 e. The second-order valence-electron chi connectivity index (χ2n) is 5.61. The number of carbonyl (C=O) groups excluding carboxylic acids is 1. The lowest BCUT2D eigenvalue weighted by molar-refractivity contribution is -0.127. The van der Waals surface area contributed by atoms with Gasteiger partial charge in [-0.2, -0.15) is 0 Å². The van der Waals surface area contributed by atoms with E-state index in [1.165, 1.54) is 11.8 Å². The number of methoxy groups -OCH3 is 1. The molecular weight excluding hydrogens is 348 g/mol. The first kappa shape index (κ1) is 18.6. The second kappa shape index (κ2) is 8.39. The van der Waals surface area contributed by atoms with Crippen molar-refractivity contribution in [3.05, 3.63) is 35.1 Å². The van der Waals surface area contributed by atoms with Crippen LogP contribution in [0.5, 0.6) is 5.75 Å². The van der Waals surface area contributed by atoms with Crippen LogP contribution >= 0.6 is 23.4 Å². The number of thioether (sulfide) groups is 1. The number of nitrogens with zero attached hydrogens (tertiary/aromatic N) is 4. The molecule has 1 amide bonds. The molecule has 0 aliphatic carbocycles. The fraction of sp³-hybridized carbons (Fsp3) is 0.438. The first-order valence-corrected chi connectivity index (χ1v) is 8.87. The molecule has 2 aromatic rings. The molecule has 6 nitrogen and oxygen atoms in total. The van der Waals surface area contributed by atoms with Gasteiger partial charge in [0.25, 0.3) is 0 Å². The van der Waals surface area contributed by atoms with Crippen LogP contribution in [-0.2, 0) is 11.3 Å². The van der Waals surface area contributed by atoms with E-state index in [0.717, 1.165) is 10.7 Å². The van der Waals surface area contributed by atoms with Crippen LogP contribution < -0.4 is 4.74 Å². The smallest absolute Gasteiger partial charge is 0.233 e. The van der Waals surface area contributed by atoms with E-state index in [0.29, 0.717) is 23.1 Å². The number of amides is 1. The first-order valence-electron chi connectivity index (χ1n) is 7.51. The molecule has 0 saturated carbocycles. The van der Waals surface area contributed by atoms with Gasteiger partial charge in [-0.3, -0.25) is 4.79 Å². The van der Waals surface area contributed by atoms with Gasteiger partial charge in [-0.1, -0.05) is 23.4 Å². The zero-order chi connectivity index (χ0) is 17.7. The lowest BCUT2D eigenvalue weighted by Crippen LogP contribution is -2.28. The molecule has 24 heavy (non-hydrogen) atoms. The van der Waals surface area contributed by atoms with Crippen molar-refractivity contribution in [3.63, 3.8) is 0 Å². The highest BCUT2D eigenvalue weighted by atomic mass is 35.5. The van der Waals surface area contributed by atoms with Crippen LogP contribution in [0.3, 0.4) is 0 Å². The van der Waals surface area contributed by atoms with E-state index in [9.17, 15) is 4.79 Å². The summed E-state index contributed by atoms with van der Waals surface area (Å²) < 4.78 is 7.26. The number of aromatic nitrogens is 3. The van der Waals surface area contributed by atoms with Crippen molar-refractivity contribution in [2.45, 2.75) is 31.6 Å². The molecule has 0 bridgehead atoms. The molecule has 0 spiro atoms. The van der Waals surface area contributed by atoms with Crippen LogP contribution in [0.2, 0.25) is 5.02 Å². The van der Waals surface area contributed by atoms with Crippen LogP contribution in [0.25, 0.3) is 0 Å². The van der Waals surface area contributed by atoms with E-state index in [1.54, 1.807) is 37.5 Å². The highest BCUT2D eigenvalue weighted by Gasteiger charge is 2.15. The summed E-state index contributed by atoms with van der Waals surface area (Å²) >= 11 is 7.41. The largest absolute Gasteiger partial charge is 0.496 e. The minimum absolute atomic E-state index is 0.000310. The van der Waals surface area contributed by atoms with Crippen LogP contribution in [0.4, 0.5) is 0 Å². The number of carbonyl (C=O) groups is 1. The van der Waals surface area contributed by atoms with Gasteiger partial charge in [0, 0.05) is 30.2 Å². The Balaban J connectivity index is 1.97. The molecule has 8 heteroatoms. The van der Waals surface area contributed by atoms with Gasteiger partial charge < -0.3 is 14.2 Å². The molecule has 1 heterocycles. The lowest BCUT2D eigenvalue weighted by atomic mass is 10.2. The van der Waals surface area contributed by atoms with Gasteiger partial charge in [0.15, 0.2) is 5.16 Å². The van der Waals surface area contributed by atoms with Gasteiger partial charge in [0.05, 0.1) is 12.9 Å². The Bertz CT molecular complexity index is 705. The quantitative estimate of drug-likeness (QED) is 0.702. The summed E-state index contributed by atoms with van der Waals surface area (Å²) in [6.45, 7) is 4.53. The van der Waals surface area contributed by atoms with Crippen LogP contribution in [0.1, 0.15) is 25.5 Å². The molecule has 2 rings (SSSR count). The fourth-order valence-electron chi connectivity index (χ4n) is 2.14. The van der Waals surface area contributed by atoms with Crippen LogP contribution in [0, 0.1) is 0 Å². The van der Waals surface area contributed by atoms with E-state index in [1.807, 2.05) is 24.5 Å². The molecule has 130 valence electrons. The molecule has 0 fully saturated rings. The molecule has 0 atom stereocenters. The van der Waals surface area contributed by atoms with E-state index in [4.69, 9.17) is 16.3 Å². The van der Waals surface area contributed by atoms with Crippen LogP contribution in [0.15, 0.2) is 29.7 Å². The lowest BCUT2D eigenvalue weighted by Gasteiger charge is -2.19. The third-order valence-electron chi connectivity index (χ3n) is 3.50. The van der Waals surface area contributed by atoms with E-state index in [-0.39, 0.29) is 11.9 Å². The number of ether oxygens (including phenoxy) is 1.